The van der Waals surface area contributed by atoms with Crippen LogP contribution in [-0.4, -0.2) is 37.8 Å². The van der Waals surface area contributed by atoms with E-state index < -0.39 is 0 Å². The molecule has 1 aliphatic heterocycles. The largest absolute Gasteiger partial charge is 0.299 e. The summed E-state index contributed by atoms with van der Waals surface area (Å²) in [6.07, 6.45) is 2.53. The number of carbonyl (C=O) groups excluding carboxylic acids is 2. The van der Waals surface area contributed by atoms with Gasteiger partial charge in [0.05, 0.1) is 4.91 Å². The van der Waals surface area contributed by atoms with E-state index in [-0.39, 0.29) is 18.4 Å². The van der Waals surface area contributed by atoms with Crippen LogP contribution in [0.4, 0.5) is 5.13 Å². The molecule has 1 fully saturated rings. The van der Waals surface area contributed by atoms with E-state index in [9.17, 15) is 9.59 Å². The fourth-order valence-electron chi connectivity index (χ4n) is 2.09. The quantitative estimate of drug-likeness (QED) is 0.625. The number of thioether (sulfide) groups is 1. The number of anilines is 1. The monoisotopic (exact) mass is 390 g/mol. The lowest BCUT2D eigenvalue weighted by atomic mass is 10.2. The maximum absolute atomic E-state index is 12.5. The molecule has 6 nitrogen and oxygen atoms in total. The van der Waals surface area contributed by atoms with Crippen molar-refractivity contribution in [2.45, 2.75) is 13.3 Å². The van der Waals surface area contributed by atoms with Crippen LogP contribution in [0.1, 0.15) is 17.5 Å². The number of carbonyl (C=O) groups is 2. The van der Waals surface area contributed by atoms with Gasteiger partial charge >= 0.3 is 0 Å². The van der Waals surface area contributed by atoms with Crippen molar-refractivity contribution in [3.63, 3.8) is 0 Å². The molecular formula is C16H14N4O2S3. The van der Waals surface area contributed by atoms with Crippen molar-refractivity contribution < 1.29 is 9.59 Å². The van der Waals surface area contributed by atoms with E-state index in [2.05, 4.69) is 15.5 Å². The summed E-state index contributed by atoms with van der Waals surface area (Å²) in [6.45, 7) is 1.82. The molecule has 0 aliphatic carbocycles. The predicted molar refractivity (Wildman–Crippen MR) is 104 cm³/mol. The zero-order valence-corrected chi connectivity index (χ0v) is 15.7. The Kier molecular flexibility index (Phi) is 5.57. The Hall–Kier alpha value is -2.10. The number of nitrogens with zero attached hydrogens (tertiary/aromatic N) is 3. The first kappa shape index (κ1) is 17.7. The highest BCUT2D eigenvalue weighted by molar-refractivity contribution is 8.26. The van der Waals surface area contributed by atoms with Crippen molar-refractivity contribution in [1.82, 2.24) is 15.1 Å². The molecule has 25 heavy (non-hydrogen) atoms. The molecule has 3 rings (SSSR count). The lowest BCUT2D eigenvalue weighted by Crippen LogP contribution is -2.36. The van der Waals surface area contributed by atoms with Gasteiger partial charge in [0.2, 0.25) is 11.0 Å². The van der Waals surface area contributed by atoms with Gasteiger partial charge in [-0.05, 0) is 18.1 Å². The van der Waals surface area contributed by atoms with Gasteiger partial charge in [-0.1, -0.05) is 72.6 Å². The van der Waals surface area contributed by atoms with E-state index in [1.54, 1.807) is 6.08 Å². The molecule has 0 bridgehead atoms. The smallest absolute Gasteiger partial charge is 0.266 e. The second kappa shape index (κ2) is 7.85. The summed E-state index contributed by atoms with van der Waals surface area (Å²) in [4.78, 5) is 26.5. The predicted octanol–water partition coefficient (Wildman–Crippen LogP) is 2.94. The Morgan fingerprint density at radius 3 is 2.76 bits per heavy atom. The van der Waals surface area contributed by atoms with Crippen LogP contribution >= 0.6 is 35.3 Å². The topological polar surface area (TPSA) is 75.2 Å². The third-order valence-electron chi connectivity index (χ3n) is 3.29. The van der Waals surface area contributed by atoms with Crippen LogP contribution in [0.3, 0.4) is 0 Å². The van der Waals surface area contributed by atoms with Gasteiger partial charge in [0.15, 0.2) is 0 Å². The third-order valence-corrected chi connectivity index (χ3v) is 5.65. The fourth-order valence-corrected chi connectivity index (χ4v) is 4.04. The second-order valence-electron chi connectivity index (χ2n) is 5.08. The molecule has 1 N–H and O–H groups in total. The molecular weight excluding hydrogens is 376 g/mol. The van der Waals surface area contributed by atoms with E-state index in [0.29, 0.717) is 14.4 Å². The maximum Gasteiger partial charge on any atom is 0.266 e. The SMILES string of the molecule is CCc1nnc(NC(=O)CN2C(=O)/C(=C\c3ccccc3)SC2=S)s1. The van der Waals surface area contributed by atoms with Gasteiger partial charge in [-0.15, -0.1) is 10.2 Å². The van der Waals surface area contributed by atoms with E-state index in [0.717, 1.165) is 17.0 Å². The highest BCUT2D eigenvalue weighted by atomic mass is 32.2. The highest BCUT2D eigenvalue weighted by Crippen LogP contribution is 2.32. The summed E-state index contributed by atoms with van der Waals surface area (Å²) in [5.74, 6) is -0.614. The molecule has 0 atom stereocenters. The van der Waals surface area contributed by atoms with E-state index in [1.807, 2.05) is 37.3 Å². The number of hydrogen-bond acceptors (Lipinski definition) is 7. The van der Waals surface area contributed by atoms with Crippen molar-refractivity contribution in [3.05, 3.63) is 45.8 Å². The zero-order chi connectivity index (χ0) is 17.8. The summed E-state index contributed by atoms with van der Waals surface area (Å²) >= 11 is 7.75. The minimum absolute atomic E-state index is 0.141. The standard InChI is InChI=1S/C16H14N4O2S3/c1-2-13-18-19-15(25-13)17-12(21)9-20-14(22)11(24-16(20)23)8-10-6-4-3-5-7-10/h3-8H,2,9H2,1H3,(H,17,19,21)/b11-8+. The van der Waals surface area contributed by atoms with E-state index >= 15 is 0 Å². The minimum atomic E-state index is -0.351. The number of benzene rings is 1. The van der Waals surface area contributed by atoms with Crippen LogP contribution in [-0.2, 0) is 16.0 Å². The molecule has 2 amide bonds. The molecule has 0 saturated carbocycles. The number of amides is 2. The second-order valence-corrected chi connectivity index (χ2v) is 7.82. The van der Waals surface area contributed by atoms with Gasteiger partial charge in [0.25, 0.3) is 5.91 Å². The lowest BCUT2D eigenvalue weighted by molar-refractivity contribution is -0.126. The van der Waals surface area contributed by atoms with E-state index in [4.69, 9.17) is 12.2 Å². The molecule has 1 aliphatic rings. The van der Waals surface area contributed by atoms with Crippen LogP contribution in [0.25, 0.3) is 6.08 Å². The molecule has 128 valence electrons. The van der Waals surface area contributed by atoms with Crippen molar-refractivity contribution in [2.75, 3.05) is 11.9 Å². The minimum Gasteiger partial charge on any atom is -0.299 e. The van der Waals surface area contributed by atoms with Gasteiger partial charge < -0.3 is 0 Å². The van der Waals surface area contributed by atoms with Crippen molar-refractivity contribution in [1.29, 1.82) is 0 Å². The first-order valence-corrected chi connectivity index (χ1v) is 9.53. The van der Waals surface area contributed by atoms with Gasteiger partial charge in [-0.2, -0.15) is 0 Å². The Labute approximate surface area is 158 Å². The average Bonchev–Trinajstić information content (AvgIpc) is 3.16. The van der Waals surface area contributed by atoms with Crippen LogP contribution < -0.4 is 5.32 Å². The van der Waals surface area contributed by atoms with Crippen LogP contribution in [0.2, 0.25) is 0 Å². The first-order valence-electron chi connectivity index (χ1n) is 7.49. The average molecular weight is 391 g/mol. The molecule has 1 aromatic heterocycles. The Balaban J connectivity index is 1.66. The molecule has 1 aromatic carbocycles. The van der Waals surface area contributed by atoms with Crippen LogP contribution in [0.15, 0.2) is 35.2 Å². The fraction of sp³-hybridized carbons (Fsp3) is 0.188. The van der Waals surface area contributed by atoms with Gasteiger partial charge in [0, 0.05) is 0 Å². The lowest BCUT2D eigenvalue weighted by Gasteiger charge is -2.13. The summed E-state index contributed by atoms with van der Waals surface area (Å²) in [6, 6.07) is 9.50. The van der Waals surface area contributed by atoms with Crippen molar-refractivity contribution in [3.8, 4) is 0 Å². The Morgan fingerprint density at radius 2 is 2.08 bits per heavy atom. The van der Waals surface area contributed by atoms with E-state index in [1.165, 1.54) is 28.0 Å². The Morgan fingerprint density at radius 1 is 1.32 bits per heavy atom. The van der Waals surface area contributed by atoms with Gasteiger partial charge in [0.1, 0.15) is 15.9 Å². The van der Waals surface area contributed by atoms with Crippen LogP contribution in [0.5, 0.6) is 0 Å². The summed E-state index contributed by atoms with van der Waals surface area (Å²) in [5, 5.41) is 11.8. The first-order chi connectivity index (χ1) is 12.1. The third kappa shape index (κ3) is 4.30. The number of nitrogens with one attached hydrogen (secondary N) is 1. The van der Waals surface area contributed by atoms with Crippen molar-refractivity contribution in [2.24, 2.45) is 0 Å². The Bertz CT molecular complexity index is 848. The number of aromatic nitrogens is 2. The molecule has 0 spiro atoms. The number of aryl methyl sites for hydroxylation is 1. The summed E-state index contributed by atoms with van der Waals surface area (Å²) in [5.41, 5.74) is 0.911. The molecule has 9 heteroatoms. The maximum atomic E-state index is 12.5. The summed E-state index contributed by atoms with van der Waals surface area (Å²) in [7, 11) is 0. The molecule has 2 heterocycles. The number of rotatable bonds is 5. The molecule has 0 unspecified atom stereocenters. The molecule has 1 saturated heterocycles. The highest BCUT2D eigenvalue weighted by Gasteiger charge is 2.33. The van der Waals surface area contributed by atoms with Gasteiger partial charge in [-0.3, -0.25) is 19.8 Å². The van der Waals surface area contributed by atoms with Gasteiger partial charge in [-0.25, -0.2) is 0 Å². The van der Waals surface area contributed by atoms with Crippen molar-refractivity contribution >= 4 is 62.7 Å². The normalized spacial score (nSPS) is 15.9. The van der Waals surface area contributed by atoms with Crippen LogP contribution in [0, 0.1) is 0 Å². The molecule has 0 radical (unpaired) electrons. The summed E-state index contributed by atoms with van der Waals surface area (Å²) < 4.78 is 0.369. The number of hydrogen-bond donors (Lipinski definition) is 1. The zero-order valence-electron chi connectivity index (χ0n) is 13.3. The number of thiocarbonyl (C=S) groups is 1. The molecule has 2 aromatic rings.